The summed E-state index contributed by atoms with van der Waals surface area (Å²) in [5, 5.41) is 0. The topological polar surface area (TPSA) is 3.24 Å². The van der Waals surface area contributed by atoms with E-state index in [1.54, 1.807) is 0 Å². The van der Waals surface area contributed by atoms with Crippen molar-refractivity contribution in [2.45, 2.75) is 37.0 Å². The van der Waals surface area contributed by atoms with Crippen LogP contribution in [0.2, 0.25) is 0 Å². The van der Waals surface area contributed by atoms with Crippen LogP contribution in [0.15, 0.2) is 29.2 Å². The predicted molar refractivity (Wildman–Crippen MR) is 76.9 cm³/mol. The summed E-state index contributed by atoms with van der Waals surface area (Å²) in [6.45, 7) is 6.09. The van der Waals surface area contributed by atoms with Crippen LogP contribution >= 0.6 is 11.8 Å². The fraction of sp³-hybridized carbons (Fsp3) is 0.600. The summed E-state index contributed by atoms with van der Waals surface area (Å²) in [5.41, 5.74) is 1.54. The highest BCUT2D eigenvalue weighted by molar-refractivity contribution is 7.98. The lowest BCUT2D eigenvalue weighted by atomic mass is 9.90. The Balaban J connectivity index is 2.05. The van der Waals surface area contributed by atoms with Crippen molar-refractivity contribution in [2.75, 3.05) is 25.9 Å². The van der Waals surface area contributed by atoms with Gasteiger partial charge in [-0.25, -0.2) is 0 Å². The van der Waals surface area contributed by atoms with Crippen LogP contribution in [0.5, 0.6) is 0 Å². The number of hydrogen-bond acceptors (Lipinski definition) is 2. The molecule has 0 radical (unpaired) electrons. The van der Waals surface area contributed by atoms with Gasteiger partial charge in [-0.2, -0.15) is 0 Å². The normalized spacial score (nSPS) is 21.6. The third-order valence-electron chi connectivity index (χ3n) is 3.61. The van der Waals surface area contributed by atoms with Crippen LogP contribution in [-0.2, 0) is 0 Å². The van der Waals surface area contributed by atoms with E-state index in [0.717, 1.165) is 5.92 Å². The number of likely N-dealkylation sites (tertiary alicyclic amines) is 1. The molecule has 0 unspecified atom stereocenters. The Hall–Kier alpha value is -0.470. The summed E-state index contributed by atoms with van der Waals surface area (Å²) in [4.78, 5) is 4.02. The molecule has 1 saturated heterocycles. The smallest absolute Gasteiger partial charge is 0.00719 e. The number of piperidine rings is 1. The first-order valence-corrected chi connectivity index (χ1v) is 7.92. The average molecular weight is 251 g/mol. The van der Waals surface area contributed by atoms with Crippen LogP contribution in [0, 0.1) is 0 Å². The Morgan fingerprint density at radius 1 is 1.47 bits per heavy atom. The number of thioether (sulfide) groups is 1. The molecule has 0 saturated carbocycles. The maximum Gasteiger partial charge on any atom is 0.00719 e. The van der Waals surface area contributed by atoms with Crippen molar-refractivity contribution in [1.29, 1.82) is 0 Å². The third kappa shape index (κ3) is 3.49. The Morgan fingerprint density at radius 2 is 2.35 bits per heavy atom. The van der Waals surface area contributed by atoms with Crippen molar-refractivity contribution in [3.05, 3.63) is 29.8 Å². The fourth-order valence-corrected chi connectivity index (χ4v) is 3.21. The predicted octanol–water partition coefficient (Wildman–Crippen LogP) is 4.00. The molecule has 0 bridgehead atoms. The first-order valence-electron chi connectivity index (χ1n) is 6.69. The summed E-state index contributed by atoms with van der Waals surface area (Å²) in [6, 6.07) is 9.10. The van der Waals surface area contributed by atoms with Gasteiger partial charge in [0.2, 0.25) is 0 Å². The molecule has 2 rings (SSSR count). The van der Waals surface area contributed by atoms with Crippen LogP contribution in [0.4, 0.5) is 0 Å². The molecule has 94 valence electrons. The summed E-state index contributed by atoms with van der Waals surface area (Å²) in [7, 11) is 0. The van der Waals surface area contributed by atoms with Gasteiger partial charge in [-0.05, 0) is 62.2 Å². The monoisotopic (exact) mass is 251 g/mol. The zero-order chi connectivity index (χ0) is 12.1. The van der Waals surface area contributed by atoms with Crippen molar-refractivity contribution in [3.8, 4) is 0 Å². The Labute approximate surface area is 110 Å². The highest BCUT2D eigenvalue weighted by Gasteiger charge is 2.20. The summed E-state index contributed by atoms with van der Waals surface area (Å²) in [6.07, 6.45) is 6.15. The number of hydrogen-bond donors (Lipinski definition) is 0. The van der Waals surface area contributed by atoms with Gasteiger partial charge in [-0.3, -0.25) is 0 Å². The van der Waals surface area contributed by atoms with E-state index in [0.29, 0.717) is 0 Å². The maximum absolute atomic E-state index is 2.62. The molecular formula is C15H23NS. The van der Waals surface area contributed by atoms with Crippen LogP contribution < -0.4 is 0 Å². The molecule has 1 nitrogen and oxygen atoms in total. The van der Waals surface area contributed by atoms with E-state index >= 15 is 0 Å². The lowest BCUT2D eigenvalue weighted by Crippen LogP contribution is -2.34. The van der Waals surface area contributed by atoms with Gasteiger partial charge in [0.15, 0.2) is 0 Å². The van der Waals surface area contributed by atoms with Gasteiger partial charge in [0.25, 0.3) is 0 Å². The van der Waals surface area contributed by atoms with E-state index in [2.05, 4.69) is 42.3 Å². The molecule has 17 heavy (non-hydrogen) atoms. The molecule has 1 aliphatic rings. The second-order valence-electron chi connectivity index (χ2n) is 4.92. The Kier molecular flexibility index (Phi) is 4.93. The molecule has 1 atom stereocenters. The van der Waals surface area contributed by atoms with E-state index < -0.39 is 0 Å². The number of benzene rings is 1. The zero-order valence-corrected chi connectivity index (χ0v) is 11.8. The third-order valence-corrected chi connectivity index (χ3v) is 4.34. The molecule has 0 amide bonds. The minimum absolute atomic E-state index is 0.752. The molecular weight excluding hydrogens is 228 g/mol. The van der Waals surface area contributed by atoms with E-state index in [9.17, 15) is 0 Å². The quantitative estimate of drug-likeness (QED) is 0.744. The van der Waals surface area contributed by atoms with Gasteiger partial charge in [0.05, 0.1) is 0 Å². The van der Waals surface area contributed by atoms with Crippen LogP contribution in [-0.4, -0.2) is 30.8 Å². The maximum atomic E-state index is 2.62. The SMILES string of the molecule is CCCN1CCC[C@@H](c2cccc(S[14CH3])c2)C1. The van der Waals surface area contributed by atoms with Gasteiger partial charge >= 0.3 is 0 Å². The van der Waals surface area contributed by atoms with Gasteiger partial charge < -0.3 is 4.90 Å². The van der Waals surface area contributed by atoms with Gasteiger partial charge in [0.1, 0.15) is 0 Å². The molecule has 0 aromatic heterocycles. The lowest BCUT2D eigenvalue weighted by Gasteiger charge is -2.32. The molecule has 1 heterocycles. The highest BCUT2D eigenvalue weighted by atomic mass is 32.2. The molecule has 2 heteroatoms. The summed E-state index contributed by atoms with van der Waals surface area (Å²) in [5.74, 6) is 0.752. The molecule has 1 fully saturated rings. The molecule has 1 aromatic carbocycles. The van der Waals surface area contributed by atoms with Crippen molar-refractivity contribution < 1.29 is 0 Å². The van der Waals surface area contributed by atoms with Crippen LogP contribution in [0.1, 0.15) is 37.7 Å². The largest absolute Gasteiger partial charge is 0.303 e. The molecule has 0 spiro atoms. The Bertz CT molecular complexity index is 349. The fourth-order valence-electron chi connectivity index (χ4n) is 2.74. The lowest BCUT2D eigenvalue weighted by molar-refractivity contribution is 0.208. The minimum Gasteiger partial charge on any atom is -0.303 e. The van der Waals surface area contributed by atoms with Gasteiger partial charge in [-0.15, -0.1) is 11.8 Å². The minimum atomic E-state index is 0.752. The van der Waals surface area contributed by atoms with Crippen molar-refractivity contribution in [2.24, 2.45) is 0 Å². The average Bonchev–Trinajstić information content (AvgIpc) is 2.40. The Morgan fingerprint density at radius 3 is 3.12 bits per heavy atom. The molecule has 1 aromatic rings. The van der Waals surface area contributed by atoms with Gasteiger partial charge in [-0.1, -0.05) is 19.1 Å². The second-order valence-corrected chi connectivity index (χ2v) is 5.80. The second kappa shape index (κ2) is 6.46. The summed E-state index contributed by atoms with van der Waals surface area (Å²) < 4.78 is 0. The molecule has 1 aliphatic heterocycles. The van der Waals surface area contributed by atoms with Crippen LogP contribution in [0.3, 0.4) is 0 Å². The van der Waals surface area contributed by atoms with Crippen LogP contribution in [0.25, 0.3) is 0 Å². The number of nitrogens with zero attached hydrogens (tertiary/aromatic N) is 1. The van der Waals surface area contributed by atoms with Gasteiger partial charge in [0, 0.05) is 11.4 Å². The first kappa shape index (κ1) is 13.0. The standard InChI is InChI=1S/C15H23NS/c1-3-9-16-10-5-7-14(12-16)13-6-4-8-15(11-13)17-2/h4,6,8,11,14H,3,5,7,9-10,12H2,1-2H3/t14-/m1/s1/i2+2. The number of rotatable bonds is 4. The van der Waals surface area contributed by atoms with Crippen molar-refractivity contribution in [3.63, 3.8) is 0 Å². The molecule has 0 N–H and O–H groups in total. The van der Waals surface area contributed by atoms with E-state index in [-0.39, 0.29) is 0 Å². The zero-order valence-electron chi connectivity index (χ0n) is 11.0. The van der Waals surface area contributed by atoms with E-state index in [1.807, 2.05) is 11.8 Å². The highest BCUT2D eigenvalue weighted by Crippen LogP contribution is 2.29. The van der Waals surface area contributed by atoms with Crippen molar-refractivity contribution >= 4 is 11.8 Å². The van der Waals surface area contributed by atoms with Crippen molar-refractivity contribution in [1.82, 2.24) is 4.90 Å². The summed E-state index contributed by atoms with van der Waals surface area (Å²) >= 11 is 1.84. The van der Waals surface area contributed by atoms with E-state index in [4.69, 9.17) is 0 Å². The molecule has 0 aliphatic carbocycles. The first-order chi connectivity index (χ1) is 8.33. The van der Waals surface area contributed by atoms with E-state index in [1.165, 1.54) is 49.4 Å².